The van der Waals surface area contributed by atoms with Gasteiger partial charge in [0.1, 0.15) is 5.75 Å². The van der Waals surface area contributed by atoms with Gasteiger partial charge in [-0.2, -0.15) is 0 Å². The highest BCUT2D eigenvalue weighted by Gasteiger charge is 2.20. The number of amides is 3. The van der Waals surface area contributed by atoms with Crippen molar-refractivity contribution in [3.63, 3.8) is 0 Å². The van der Waals surface area contributed by atoms with Crippen molar-refractivity contribution in [1.29, 1.82) is 0 Å². The zero-order chi connectivity index (χ0) is 18.3. The molecule has 0 aromatic heterocycles. The van der Waals surface area contributed by atoms with Crippen LogP contribution in [-0.2, 0) is 14.3 Å². The van der Waals surface area contributed by atoms with E-state index in [1.54, 1.807) is 19.1 Å². The van der Waals surface area contributed by atoms with Gasteiger partial charge >= 0.3 is 12.0 Å². The third-order valence-electron chi connectivity index (χ3n) is 3.01. The van der Waals surface area contributed by atoms with E-state index in [1.807, 2.05) is 13.8 Å². The molecule has 1 rings (SSSR count). The predicted molar refractivity (Wildman–Crippen MR) is 89.2 cm³/mol. The van der Waals surface area contributed by atoms with Gasteiger partial charge in [0.25, 0.3) is 5.91 Å². The van der Waals surface area contributed by atoms with Crippen molar-refractivity contribution in [1.82, 2.24) is 10.6 Å². The van der Waals surface area contributed by atoms with E-state index in [1.165, 1.54) is 6.92 Å². The number of ether oxygens (including phenoxy) is 2. The molecule has 1 aromatic carbocycles. The summed E-state index contributed by atoms with van der Waals surface area (Å²) in [5.74, 6) is -0.897. The average Bonchev–Trinajstić information content (AvgIpc) is 2.45. The first kappa shape index (κ1) is 19.8. The van der Waals surface area contributed by atoms with E-state index in [2.05, 4.69) is 10.6 Å². The second-order valence-corrected chi connectivity index (χ2v) is 5.57. The maximum Gasteiger partial charge on any atom is 0.344 e. The zero-order valence-corrected chi connectivity index (χ0v) is 14.8. The van der Waals surface area contributed by atoms with Gasteiger partial charge in [0.05, 0.1) is 0 Å². The molecule has 0 spiro atoms. The zero-order valence-electron chi connectivity index (χ0n) is 14.1. The Balaban J connectivity index is 2.52. The highest BCUT2D eigenvalue weighted by Crippen LogP contribution is 2.26. The third-order valence-corrected chi connectivity index (χ3v) is 3.23. The minimum Gasteiger partial charge on any atom is -0.481 e. The van der Waals surface area contributed by atoms with Crippen molar-refractivity contribution in [3.05, 3.63) is 28.3 Å². The monoisotopic (exact) mass is 356 g/mol. The van der Waals surface area contributed by atoms with E-state index in [9.17, 15) is 14.4 Å². The molecule has 0 saturated heterocycles. The van der Waals surface area contributed by atoms with Gasteiger partial charge in [-0.25, -0.2) is 9.59 Å². The largest absolute Gasteiger partial charge is 0.481 e. The van der Waals surface area contributed by atoms with Gasteiger partial charge in [-0.15, -0.1) is 0 Å². The van der Waals surface area contributed by atoms with Gasteiger partial charge < -0.3 is 14.8 Å². The van der Waals surface area contributed by atoms with Crippen LogP contribution in [0.25, 0.3) is 0 Å². The highest BCUT2D eigenvalue weighted by atomic mass is 35.5. The van der Waals surface area contributed by atoms with Crippen LogP contribution in [0.2, 0.25) is 5.02 Å². The van der Waals surface area contributed by atoms with E-state index in [0.29, 0.717) is 17.3 Å². The van der Waals surface area contributed by atoms with Gasteiger partial charge in [0.2, 0.25) is 0 Å². The van der Waals surface area contributed by atoms with Gasteiger partial charge in [0, 0.05) is 11.6 Å². The SMILES string of the molecule is CCNC(=O)NC(=O)[C@@H](C)OC(=O)COc1c(C)cc(Cl)cc1C. The molecule has 132 valence electrons. The summed E-state index contributed by atoms with van der Waals surface area (Å²) in [6.45, 7) is 6.71. The number of rotatable bonds is 6. The van der Waals surface area contributed by atoms with Crippen LogP contribution < -0.4 is 15.4 Å². The van der Waals surface area contributed by atoms with Crippen molar-refractivity contribution in [3.8, 4) is 5.75 Å². The molecule has 0 bridgehead atoms. The molecule has 0 aliphatic carbocycles. The number of carbonyl (C=O) groups excluding carboxylic acids is 3. The number of imide groups is 1. The van der Waals surface area contributed by atoms with Crippen LogP contribution in [0.4, 0.5) is 4.79 Å². The quantitative estimate of drug-likeness (QED) is 0.761. The van der Waals surface area contributed by atoms with Crippen molar-refractivity contribution in [2.75, 3.05) is 13.2 Å². The first-order valence-electron chi connectivity index (χ1n) is 7.42. The van der Waals surface area contributed by atoms with Crippen LogP contribution in [0.5, 0.6) is 5.75 Å². The summed E-state index contributed by atoms with van der Waals surface area (Å²) in [5, 5.41) is 5.04. The number of halogens is 1. The number of carbonyl (C=O) groups is 3. The number of benzene rings is 1. The summed E-state index contributed by atoms with van der Waals surface area (Å²) in [5.41, 5.74) is 1.57. The second kappa shape index (κ2) is 9.12. The Kier molecular flexibility index (Phi) is 7.51. The molecule has 2 N–H and O–H groups in total. The van der Waals surface area contributed by atoms with Gasteiger partial charge in [-0.3, -0.25) is 10.1 Å². The maximum atomic E-state index is 11.8. The van der Waals surface area contributed by atoms with Gasteiger partial charge in [-0.05, 0) is 51.0 Å². The molecule has 7 nitrogen and oxygen atoms in total. The summed E-state index contributed by atoms with van der Waals surface area (Å²) in [7, 11) is 0. The predicted octanol–water partition coefficient (Wildman–Crippen LogP) is 2.11. The number of hydrogen-bond acceptors (Lipinski definition) is 5. The lowest BCUT2D eigenvalue weighted by molar-refractivity contribution is -0.156. The Morgan fingerprint density at radius 1 is 1.21 bits per heavy atom. The summed E-state index contributed by atoms with van der Waals surface area (Å²) in [4.78, 5) is 34.7. The van der Waals surface area contributed by atoms with E-state index >= 15 is 0 Å². The topological polar surface area (TPSA) is 93.7 Å². The van der Waals surface area contributed by atoms with Crippen LogP contribution in [0, 0.1) is 13.8 Å². The van der Waals surface area contributed by atoms with Crippen LogP contribution in [0.3, 0.4) is 0 Å². The van der Waals surface area contributed by atoms with Crippen molar-refractivity contribution in [2.24, 2.45) is 0 Å². The lowest BCUT2D eigenvalue weighted by atomic mass is 10.1. The number of aryl methyl sites for hydroxylation is 2. The molecule has 24 heavy (non-hydrogen) atoms. The fourth-order valence-electron chi connectivity index (χ4n) is 1.96. The lowest BCUT2D eigenvalue weighted by Crippen LogP contribution is -2.44. The Morgan fingerprint density at radius 3 is 2.33 bits per heavy atom. The van der Waals surface area contributed by atoms with Crippen molar-refractivity contribution in [2.45, 2.75) is 33.8 Å². The lowest BCUT2D eigenvalue weighted by Gasteiger charge is -2.15. The molecule has 1 atom stereocenters. The van der Waals surface area contributed by atoms with E-state index in [-0.39, 0.29) is 6.61 Å². The fourth-order valence-corrected chi connectivity index (χ4v) is 2.29. The molecule has 0 fully saturated rings. The molecule has 0 aliphatic rings. The smallest absolute Gasteiger partial charge is 0.344 e. The molecular formula is C16H21ClN2O5. The molecular weight excluding hydrogens is 336 g/mol. The minimum absolute atomic E-state index is 0.359. The standard InChI is InChI=1S/C16H21ClN2O5/c1-5-18-16(22)19-15(21)11(4)24-13(20)8-23-14-9(2)6-12(17)7-10(14)3/h6-7,11H,5,8H2,1-4H3,(H2,18,19,21,22)/t11-/m1/s1. The summed E-state index contributed by atoms with van der Waals surface area (Å²) >= 11 is 5.93. The highest BCUT2D eigenvalue weighted by molar-refractivity contribution is 6.30. The summed E-state index contributed by atoms with van der Waals surface area (Å²) < 4.78 is 10.4. The first-order valence-corrected chi connectivity index (χ1v) is 7.80. The molecule has 0 saturated carbocycles. The molecule has 0 aliphatic heterocycles. The van der Waals surface area contributed by atoms with E-state index < -0.39 is 24.0 Å². The Bertz CT molecular complexity index is 610. The minimum atomic E-state index is -1.11. The van der Waals surface area contributed by atoms with Crippen LogP contribution in [-0.4, -0.2) is 37.2 Å². The van der Waals surface area contributed by atoms with Gasteiger partial charge in [0.15, 0.2) is 12.7 Å². The molecule has 0 radical (unpaired) electrons. The average molecular weight is 357 g/mol. The molecule has 1 aromatic rings. The van der Waals surface area contributed by atoms with Crippen LogP contribution in [0.1, 0.15) is 25.0 Å². The third kappa shape index (κ3) is 6.08. The number of nitrogens with one attached hydrogen (secondary N) is 2. The van der Waals surface area contributed by atoms with Gasteiger partial charge in [-0.1, -0.05) is 11.6 Å². The fraction of sp³-hybridized carbons (Fsp3) is 0.438. The molecule has 0 heterocycles. The van der Waals surface area contributed by atoms with Crippen molar-refractivity contribution >= 4 is 29.5 Å². The van der Waals surface area contributed by atoms with Crippen LogP contribution >= 0.6 is 11.6 Å². The second-order valence-electron chi connectivity index (χ2n) is 5.14. The summed E-state index contributed by atoms with van der Waals surface area (Å²) in [6, 6.07) is 2.80. The van der Waals surface area contributed by atoms with Crippen LogP contribution in [0.15, 0.2) is 12.1 Å². The Hall–Kier alpha value is -2.28. The summed E-state index contributed by atoms with van der Waals surface area (Å²) in [6.07, 6.45) is -1.11. The normalized spacial score (nSPS) is 11.4. The number of esters is 1. The molecule has 0 unspecified atom stereocenters. The van der Waals surface area contributed by atoms with Crippen molar-refractivity contribution < 1.29 is 23.9 Å². The first-order chi connectivity index (χ1) is 11.2. The Morgan fingerprint density at radius 2 is 1.79 bits per heavy atom. The van der Waals surface area contributed by atoms with E-state index in [4.69, 9.17) is 21.1 Å². The maximum absolute atomic E-state index is 11.8. The number of urea groups is 1. The molecule has 3 amide bonds. The Labute approximate surface area is 145 Å². The molecule has 8 heteroatoms. The number of hydrogen-bond donors (Lipinski definition) is 2. The van der Waals surface area contributed by atoms with E-state index in [0.717, 1.165) is 11.1 Å².